The fourth-order valence-electron chi connectivity index (χ4n) is 2.13. The van der Waals surface area contributed by atoms with Crippen LogP contribution < -0.4 is 5.56 Å². The van der Waals surface area contributed by atoms with Crippen molar-refractivity contribution in [2.75, 3.05) is 0 Å². The van der Waals surface area contributed by atoms with Gasteiger partial charge in [-0.05, 0) is 48.2 Å². The highest BCUT2D eigenvalue weighted by Gasteiger charge is 2.04. The zero-order chi connectivity index (χ0) is 12.5. The largest absolute Gasteiger partial charge is 0.322 e. The Balaban J connectivity index is 2.28. The zero-order valence-corrected chi connectivity index (χ0v) is 9.97. The first-order chi connectivity index (χ1) is 8.74. The maximum absolute atomic E-state index is 11.3. The second-order valence-corrected chi connectivity index (χ2v) is 4.29. The van der Waals surface area contributed by atoms with Crippen LogP contribution in [0, 0.1) is 6.92 Å². The Labute approximate surface area is 104 Å². The molecular formula is C15H12N2O. The summed E-state index contributed by atoms with van der Waals surface area (Å²) < 4.78 is 0. The number of H-pyrrole nitrogens is 1. The van der Waals surface area contributed by atoms with Crippen molar-refractivity contribution in [1.29, 1.82) is 0 Å². The lowest BCUT2D eigenvalue weighted by Crippen LogP contribution is -2.03. The number of nitrogens with one attached hydrogen (secondary N) is 1. The van der Waals surface area contributed by atoms with Crippen molar-refractivity contribution in [1.82, 2.24) is 9.97 Å². The van der Waals surface area contributed by atoms with Crippen LogP contribution in [0.2, 0.25) is 0 Å². The van der Waals surface area contributed by atoms with E-state index < -0.39 is 0 Å². The summed E-state index contributed by atoms with van der Waals surface area (Å²) in [6.45, 7) is 1.99. The summed E-state index contributed by atoms with van der Waals surface area (Å²) in [7, 11) is 0. The van der Waals surface area contributed by atoms with Crippen molar-refractivity contribution in [3.8, 4) is 11.3 Å². The second kappa shape index (κ2) is 4.11. The Bertz CT molecular complexity index is 760. The maximum Gasteiger partial charge on any atom is 0.248 e. The Morgan fingerprint density at radius 2 is 2.00 bits per heavy atom. The van der Waals surface area contributed by atoms with Crippen molar-refractivity contribution in [3.05, 3.63) is 64.6 Å². The van der Waals surface area contributed by atoms with Gasteiger partial charge in [-0.3, -0.25) is 9.78 Å². The normalized spacial score (nSPS) is 10.7. The molecule has 0 spiro atoms. The molecule has 1 N–H and O–H groups in total. The van der Waals surface area contributed by atoms with Crippen molar-refractivity contribution in [2.45, 2.75) is 6.92 Å². The first kappa shape index (κ1) is 10.7. The Morgan fingerprint density at radius 3 is 2.78 bits per heavy atom. The number of benzene rings is 1. The number of fused-ring (bicyclic) bond motifs is 1. The van der Waals surface area contributed by atoms with E-state index in [4.69, 9.17) is 0 Å². The molecule has 2 aromatic heterocycles. The van der Waals surface area contributed by atoms with E-state index in [0.29, 0.717) is 0 Å². The summed E-state index contributed by atoms with van der Waals surface area (Å²) in [4.78, 5) is 18.5. The summed E-state index contributed by atoms with van der Waals surface area (Å²) in [6.07, 6.45) is 1.78. The van der Waals surface area contributed by atoms with Crippen LogP contribution in [0.4, 0.5) is 0 Å². The molecule has 0 saturated carbocycles. The number of aromatic nitrogens is 2. The van der Waals surface area contributed by atoms with Crippen LogP contribution >= 0.6 is 0 Å². The first-order valence-corrected chi connectivity index (χ1v) is 5.79. The first-order valence-electron chi connectivity index (χ1n) is 5.79. The van der Waals surface area contributed by atoms with Gasteiger partial charge in [-0.2, -0.15) is 0 Å². The van der Waals surface area contributed by atoms with Crippen molar-refractivity contribution < 1.29 is 0 Å². The molecular weight excluding hydrogens is 224 g/mol. The van der Waals surface area contributed by atoms with E-state index in [1.165, 1.54) is 0 Å². The zero-order valence-electron chi connectivity index (χ0n) is 9.97. The van der Waals surface area contributed by atoms with E-state index in [2.05, 4.69) is 9.97 Å². The van der Waals surface area contributed by atoms with E-state index in [1.54, 1.807) is 12.3 Å². The molecule has 0 aliphatic rings. The quantitative estimate of drug-likeness (QED) is 0.706. The number of aryl methyl sites for hydroxylation is 1. The number of rotatable bonds is 1. The van der Waals surface area contributed by atoms with E-state index in [0.717, 1.165) is 27.7 Å². The molecule has 0 amide bonds. The Morgan fingerprint density at radius 1 is 1.11 bits per heavy atom. The van der Waals surface area contributed by atoms with Gasteiger partial charge in [0.1, 0.15) is 0 Å². The van der Waals surface area contributed by atoms with Gasteiger partial charge in [-0.15, -0.1) is 0 Å². The van der Waals surface area contributed by atoms with Gasteiger partial charge in [0.05, 0.1) is 11.2 Å². The summed E-state index contributed by atoms with van der Waals surface area (Å²) in [5.41, 5.74) is 3.87. The van der Waals surface area contributed by atoms with E-state index in [-0.39, 0.29) is 5.56 Å². The summed E-state index contributed by atoms with van der Waals surface area (Å²) >= 11 is 0. The minimum absolute atomic E-state index is 0.0730. The highest BCUT2D eigenvalue weighted by molar-refractivity contribution is 5.86. The lowest BCUT2D eigenvalue weighted by atomic mass is 10.0. The summed E-state index contributed by atoms with van der Waals surface area (Å²) in [5.74, 6) is 0. The standard InChI is InChI=1S/C15H12N2O/c1-10-8-12(13-4-2-3-7-16-13)9-11-5-6-14(18)17-15(10)11/h2-9H,1H3,(H,17,18). The van der Waals surface area contributed by atoms with Gasteiger partial charge < -0.3 is 4.98 Å². The Kier molecular flexibility index (Phi) is 2.45. The molecule has 1 aromatic carbocycles. The molecule has 18 heavy (non-hydrogen) atoms. The topological polar surface area (TPSA) is 45.8 Å². The third-order valence-electron chi connectivity index (χ3n) is 2.99. The van der Waals surface area contributed by atoms with Gasteiger partial charge in [0.15, 0.2) is 0 Å². The molecule has 3 aromatic rings. The molecule has 0 radical (unpaired) electrons. The Hall–Kier alpha value is -2.42. The van der Waals surface area contributed by atoms with Gasteiger partial charge in [-0.1, -0.05) is 6.07 Å². The van der Waals surface area contributed by atoms with Crippen LogP contribution in [-0.4, -0.2) is 9.97 Å². The molecule has 3 nitrogen and oxygen atoms in total. The van der Waals surface area contributed by atoms with Crippen LogP contribution in [0.1, 0.15) is 5.56 Å². The molecule has 3 rings (SSSR count). The lowest BCUT2D eigenvalue weighted by molar-refractivity contribution is 1.28. The minimum Gasteiger partial charge on any atom is -0.322 e. The van der Waals surface area contributed by atoms with E-state index in [9.17, 15) is 4.79 Å². The van der Waals surface area contributed by atoms with Crippen LogP contribution in [0.15, 0.2) is 53.5 Å². The number of pyridine rings is 2. The molecule has 3 heteroatoms. The van der Waals surface area contributed by atoms with Crippen LogP contribution in [0.25, 0.3) is 22.2 Å². The van der Waals surface area contributed by atoms with Gasteiger partial charge >= 0.3 is 0 Å². The van der Waals surface area contributed by atoms with Crippen molar-refractivity contribution in [2.24, 2.45) is 0 Å². The van der Waals surface area contributed by atoms with Crippen LogP contribution in [0.5, 0.6) is 0 Å². The molecule has 0 fully saturated rings. The third-order valence-corrected chi connectivity index (χ3v) is 2.99. The van der Waals surface area contributed by atoms with Crippen LogP contribution in [0.3, 0.4) is 0 Å². The lowest BCUT2D eigenvalue weighted by Gasteiger charge is -2.06. The number of nitrogens with zero attached hydrogens (tertiary/aromatic N) is 1. The third kappa shape index (κ3) is 1.80. The molecule has 2 heterocycles. The highest BCUT2D eigenvalue weighted by atomic mass is 16.1. The monoisotopic (exact) mass is 236 g/mol. The number of hydrogen-bond acceptors (Lipinski definition) is 2. The van der Waals surface area contributed by atoms with Crippen LogP contribution in [-0.2, 0) is 0 Å². The predicted octanol–water partition coefficient (Wildman–Crippen LogP) is 2.90. The van der Waals surface area contributed by atoms with Crippen molar-refractivity contribution in [3.63, 3.8) is 0 Å². The second-order valence-electron chi connectivity index (χ2n) is 4.29. The SMILES string of the molecule is Cc1cc(-c2ccccn2)cc2ccc(=O)[nH]c12. The predicted molar refractivity (Wildman–Crippen MR) is 72.5 cm³/mol. The average Bonchev–Trinajstić information content (AvgIpc) is 2.40. The van der Waals surface area contributed by atoms with E-state index in [1.807, 2.05) is 43.3 Å². The van der Waals surface area contributed by atoms with E-state index >= 15 is 0 Å². The fraction of sp³-hybridized carbons (Fsp3) is 0.0667. The smallest absolute Gasteiger partial charge is 0.248 e. The molecule has 0 saturated heterocycles. The molecule has 0 atom stereocenters. The number of aromatic amines is 1. The number of hydrogen-bond donors (Lipinski definition) is 1. The molecule has 0 bridgehead atoms. The van der Waals surface area contributed by atoms with Gasteiger partial charge in [0.2, 0.25) is 5.56 Å². The van der Waals surface area contributed by atoms with Gasteiger partial charge in [-0.25, -0.2) is 0 Å². The van der Waals surface area contributed by atoms with Crippen molar-refractivity contribution >= 4 is 10.9 Å². The minimum atomic E-state index is -0.0730. The summed E-state index contributed by atoms with van der Waals surface area (Å²) in [6, 6.07) is 13.3. The van der Waals surface area contributed by atoms with Gasteiger partial charge in [0.25, 0.3) is 0 Å². The molecule has 0 aliphatic heterocycles. The molecule has 88 valence electrons. The highest BCUT2D eigenvalue weighted by Crippen LogP contribution is 2.24. The summed E-state index contributed by atoms with van der Waals surface area (Å²) in [5, 5.41) is 1.02. The van der Waals surface area contributed by atoms with Gasteiger partial charge in [0, 0.05) is 17.8 Å². The fourth-order valence-corrected chi connectivity index (χ4v) is 2.13. The average molecular weight is 236 g/mol. The molecule has 0 aliphatic carbocycles. The maximum atomic E-state index is 11.3. The molecule has 0 unspecified atom stereocenters.